The maximum atomic E-state index is 12.9. The van der Waals surface area contributed by atoms with Gasteiger partial charge in [0.25, 0.3) is 11.8 Å². The highest BCUT2D eigenvalue weighted by atomic mass is 16.2. The van der Waals surface area contributed by atoms with Gasteiger partial charge in [0.05, 0.1) is 23.0 Å². The Bertz CT molecular complexity index is 1060. The molecule has 29 heavy (non-hydrogen) atoms. The summed E-state index contributed by atoms with van der Waals surface area (Å²) in [6.07, 6.45) is 0.448. The van der Waals surface area contributed by atoms with E-state index in [0.29, 0.717) is 17.8 Å². The molecule has 1 heterocycles. The van der Waals surface area contributed by atoms with Crippen LogP contribution in [-0.2, 0) is 4.79 Å². The van der Waals surface area contributed by atoms with Crippen LogP contribution in [-0.4, -0.2) is 17.5 Å². The largest absolute Gasteiger partial charge is 0.366 e. The normalized spacial score (nSPS) is 15.7. The lowest BCUT2D eigenvalue weighted by Gasteiger charge is -2.23. The molecule has 0 fully saturated rings. The highest BCUT2D eigenvalue weighted by Gasteiger charge is 2.32. The molecule has 144 valence electrons. The standard InChI is InChI=1S/C23H20N4O2/c24-22(28)18-13-7-8-14-19(18)25-23(29)20-15-21(16-9-3-1-4-10-16)27(26-20)17-11-5-2-6-12-17/h1-14,21H,15H2,(H2,24,28)(H,25,29)/t21-/m1/s1. The van der Waals surface area contributed by atoms with Crippen LogP contribution in [0.5, 0.6) is 0 Å². The van der Waals surface area contributed by atoms with Crippen molar-refractivity contribution in [2.24, 2.45) is 10.8 Å². The van der Waals surface area contributed by atoms with Crippen molar-refractivity contribution >= 4 is 28.9 Å². The first-order valence-corrected chi connectivity index (χ1v) is 9.30. The number of nitrogens with two attached hydrogens (primary N) is 1. The number of nitrogens with one attached hydrogen (secondary N) is 1. The van der Waals surface area contributed by atoms with E-state index in [1.54, 1.807) is 24.3 Å². The highest BCUT2D eigenvalue weighted by molar-refractivity contribution is 6.44. The van der Waals surface area contributed by atoms with E-state index in [-0.39, 0.29) is 17.5 Å². The van der Waals surface area contributed by atoms with Crippen molar-refractivity contribution in [3.8, 4) is 0 Å². The Morgan fingerprint density at radius 1 is 0.897 bits per heavy atom. The molecule has 6 heteroatoms. The second-order valence-corrected chi connectivity index (χ2v) is 6.72. The van der Waals surface area contributed by atoms with Gasteiger partial charge in [-0.05, 0) is 29.8 Å². The lowest BCUT2D eigenvalue weighted by Crippen LogP contribution is -2.24. The Kier molecular flexibility index (Phi) is 5.07. The summed E-state index contributed by atoms with van der Waals surface area (Å²) >= 11 is 0. The van der Waals surface area contributed by atoms with Crippen molar-refractivity contribution in [1.82, 2.24) is 0 Å². The van der Waals surface area contributed by atoms with Gasteiger partial charge in [0.15, 0.2) is 0 Å². The minimum Gasteiger partial charge on any atom is -0.366 e. The molecular weight excluding hydrogens is 364 g/mol. The number of benzene rings is 3. The monoisotopic (exact) mass is 384 g/mol. The fourth-order valence-corrected chi connectivity index (χ4v) is 3.40. The van der Waals surface area contributed by atoms with Gasteiger partial charge in [-0.2, -0.15) is 5.10 Å². The molecule has 1 aliphatic rings. The van der Waals surface area contributed by atoms with Gasteiger partial charge in [-0.25, -0.2) is 0 Å². The van der Waals surface area contributed by atoms with Crippen LogP contribution >= 0.6 is 0 Å². The van der Waals surface area contributed by atoms with Crippen molar-refractivity contribution in [2.45, 2.75) is 12.5 Å². The van der Waals surface area contributed by atoms with Gasteiger partial charge in [-0.1, -0.05) is 60.7 Å². The summed E-state index contributed by atoms with van der Waals surface area (Å²) in [5.74, 6) is -0.944. The van der Waals surface area contributed by atoms with Crippen molar-refractivity contribution in [1.29, 1.82) is 0 Å². The Morgan fingerprint density at radius 3 is 2.21 bits per heavy atom. The van der Waals surface area contributed by atoms with E-state index in [4.69, 9.17) is 5.73 Å². The predicted octanol–water partition coefficient (Wildman–Crippen LogP) is 3.73. The zero-order valence-corrected chi connectivity index (χ0v) is 15.7. The summed E-state index contributed by atoms with van der Waals surface area (Å²) < 4.78 is 0. The van der Waals surface area contributed by atoms with Crippen LogP contribution in [0.3, 0.4) is 0 Å². The van der Waals surface area contributed by atoms with Crippen LogP contribution in [0.2, 0.25) is 0 Å². The third-order valence-electron chi connectivity index (χ3n) is 4.82. The number of para-hydroxylation sites is 2. The number of hydrogen-bond donors (Lipinski definition) is 2. The fraction of sp³-hybridized carbons (Fsp3) is 0.0870. The van der Waals surface area contributed by atoms with Crippen LogP contribution in [0, 0.1) is 0 Å². The van der Waals surface area contributed by atoms with Gasteiger partial charge in [0.1, 0.15) is 5.71 Å². The van der Waals surface area contributed by atoms with Gasteiger partial charge < -0.3 is 11.1 Å². The number of primary amides is 1. The van der Waals surface area contributed by atoms with Crippen LogP contribution in [0.4, 0.5) is 11.4 Å². The molecule has 0 saturated carbocycles. The van der Waals surface area contributed by atoms with Gasteiger partial charge >= 0.3 is 0 Å². The minimum atomic E-state index is -0.595. The summed E-state index contributed by atoms with van der Waals surface area (Å²) in [4.78, 5) is 24.6. The smallest absolute Gasteiger partial charge is 0.271 e. The lowest BCUT2D eigenvalue weighted by atomic mass is 10.0. The van der Waals surface area contributed by atoms with Crippen molar-refractivity contribution in [3.63, 3.8) is 0 Å². The second kappa shape index (κ2) is 7.98. The molecule has 0 aromatic heterocycles. The number of carbonyl (C=O) groups is 2. The summed E-state index contributed by atoms with van der Waals surface area (Å²) in [5, 5.41) is 9.25. The quantitative estimate of drug-likeness (QED) is 0.702. The molecule has 3 aromatic carbocycles. The topological polar surface area (TPSA) is 87.8 Å². The van der Waals surface area contributed by atoms with E-state index < -0.39 is 5.91 Å². The third kappa shape index (κ3) is 3.87. The van der Waals surface area contributed by atoms with E-state index in [1.165, 1.54) is 0 Å². The summed E-state index contributed by atoms with van der Waals surface area (Å²) in [6, 6.07) is 26.3. The first kappa shape index (κ1) is 18.4. The first-order valence-electron chi connectivity index (χ1n) is 9.30. The van der Waals surface area contributed by atoms with E-state index >= 15 is 0 Å². The lowest BCUT2D eigenvalue weighted by molar-refractivity contribution is -0.110. The molecule has 0 spiro atoms. The molecule has 3 N–H and O–H groups in total. The molecule has 0 unspecified atom stereocenters. The second-order valence-electron chi connectivity index (χ2n) is 6.72. The molecule has 0 radical (unpaired) electrons. The highest BCUT2D eigenvalue weighted by Crippen LogP contribution is 2.35. The summed E-state index contributed by atoms with van der Waals surface area (Å²) in [5.41, 5.74) is 8.42. The Morgan fingerprint density at radius 2 is 1.52 bits per heavy atom. The maximum absolute atomic E-state index is 12.9. The van der Waals surface area contributed by atoms with Crippen LogP contribution in [0.15, 0.2) is 90.0 Å². The van der Waals surface area contributed by atoms with Crippen LogP contribution in [0.1, 0.15) is 28.4 Å². The maximum Gasteiger partial charge on any atom is 0.271 e. The van der Waals surface area contributed by atoms with E-state index in [1.807, 2.05) is 65.7 Å². The third-order valence-corrected chi connectivity index (χ3v) is 4.82. The van der Waals surface area contributed by atoms with Gasteiger partial charge in [-0.3, -0.25) is 14.6 Å². The average molecular weight is 384 g/mol. The van der Waals surface area contributed by atoms with Gasteiger partial charge in [-0.15, -0.1) is 0 Å². The Labute approximate surface area is 168 Å². The average Bonchev–Trinajstić information content (AvgIpc) is 3.21. The molecule has 1 atom stereocenters. The molecule has 1 aliphatic heterocycles. The van der Waals surface area contributed by atoms with Crippen molar-refractivity contribution in [3.05, 3.63) is 96.1 Å². The van der Waals surface area contributed by atoms with Crippen LogP contribution < -0.4 is 16.1 Å². The van der Waals surface area contributed by atoms with E-state index in [9.17, 15) is 9.59 Å². The SMILES string of the molecule is NC(=O)c1ccccc1NC(=O)C1=NN(c2ccccc2)[C@@H](c2ccccc2)C1. The molecule has 0 bridgehead atoms. The summed E-state index contributed by atoms with van der Waals surface area (Å²) in [6.45, 7) is 0. The zero-order valence-electron chi connectivity index (χ0n) is 15.7. The number of nitrogens with zero attached hydrogens (tertiary/aromatic N) is 2. The number of rotatable bonds is 5. The summed E-state index contributed by atoms with van der Waals surface area (Å²) in [7, 11) is 0. The molecule has 3 aromatic rings. The molecular formula is C23H20N4O2. The number of anilines is 2. The number of amides is 2. The minimum absolute atomic E-state index is 0.0919. The van der Waals surface area contributed by atoms with E-state index in [2.05, 4.69) is 10.4 Å². The Hall–Kier alpha value is -3.93. The number of carbonyl (C=O) groups excluding carboxylic acids is 2. The molecule has 0 aliphatic carbocycles. The van der Waals surface area contributed by atoms with Crippen molar-refractivity contribution < 1.29 is 9.59 Å². The first-order chi connectivity index (χ1) is 14.1. The molecule has 0 saturated heterocycles. The Balaban J connectivity index is 1.64. The predicted molar refractivity (Wildman–Crippen MR) is 114 cm³/mol. The van der Waals surface area contributed by atoms with E-state index in [0.717, 1.165) is 11.3 Å². The zero-order chi connectivity index (χ0) is 20.2. The van der Waals surface area contributed by atoms with Crippen LogP contribution in [0.25, 0.3) is 0 Å². The molecule has 4 rings (SSSR count). The molecule has 2 amide bonds. The molecule has 6 nitrogen and oxygen atoms in total. The fourth-order valence-electron chi connectivity index (χ4n) is 3.40. The van der Waals surface area contributed by atoms with Gasteiger partial charge in [0.2, 0.25) is 0 Å². The van der Waals surface area contributed by atoms with Gasteiger partial charge in [0, 0.05) is 6.42 Å². The number of hydrogen-bond acceptors (Lipinski definition) is 4. The van der Waals surface area contributed by atoms with Crippen molar-refractivity contribution in [2.75, 3.05) is 10.3 Å². The number of hydrazone groups is 1.